The predicted molar refractivity (Wildman–Crippen MR) is 51.9 cm³/mol. The van der Waals surface area contributed by atoms with E-state index < -0.39 is 9.84 Å². The summed E-state index contributed by atoms with van der Waals surface area (Å²) in [7, 11) is -2.80. The van der Waals surface area contributed by atoms with Crippen LogP contribution in [0.4, 0.5) is 0 Å². The van der Waals surface area contributed by atoms with Gasteiger partial charge in [-0.1, -0.05) is 22.6 Å². The van der Waals surface area contributed by atoms with Crippen LogP contribution in [-0.4, -0.2) is 36.6 Å². The smallest absolute Gasteiger partial charge is 0.154 e. The fourth-order valence-corrected chi connectivity index (χ4v) is 5.25. The molecular formula is C6H11IO3S. The minimum absolute atomic E-state index is 0.0781. The van der Waals surface area contributed by atoms with Crippen LogP contribution in [0.3, 0.4) is 0 Å². The molecule has 66 valence electrons. The first-order valence-electron chi connectivity index (χ1n) is 3.51. The van der Waals surface area contributed by atoms with E-state index in [0.717, 1.165) is 0 Å². The highest BCUT2D eigenvalue weighted by Crippen LogP contribution is 2.22. The van der Waals surface area contributed by atoms with Crippen LogP contribution in [0.2, 0.25) is 0 Å². The second-order valence-electron chi connectivity index (χ2n) is 2.59. The van der Waals surface area contributed by atoms with E-state index in [2.05, 4.69) is 22.6 Å². The van der Waals surface area contributed by atoms with Crippen LogP contribution in [0.25, 0.3) is 0 Å². The Labute approximate surface area is 80.6 Å². The molecule has 2 unspecified atom stereocenters. The summed E-state index contributed by atoms with van der Waals surface area (Å²) >= 11 is 2.14. The Kier molecular flexibility index (Phi) is 3.16. The van der Waals surface area contributed by atoms with Crippen molar-refractivity contribution in [3.05, 3.63) is 0 Å². The number of ether oxygens (including phenoxy) is 1. The van der Waals surface area contributed by atoms with E-state index in [-0.39, 0.29) is 21.5 Å². The summed E-state index contributed by atoms with van der Waals surface area (Å²) in [5, 5.41) is 0. The minimum atomic E-state index is -2.80. The zero-order valence-electron chi connectivity index (χ0n) is 6.29. The molecule has 0 aliphatic carbocycles. The summed E-state index contributed by atoms with van der Waals surface area (Å²) in [5.74, 6) is 0.479. The molecule has 5 heteroatoms. The largest absolute Gasteiger partial charge is 0.376 e. The van der Waals surface area contributed by atoms with Gasteiger partial charge in [0.2, 0.25) is 0 Å². The number of hydrogen-bond donors (Lipinski definition) is 0. The average molecular weight is 290 g/mol. The van der Waals surface area contributed by atoms with Crippen molar-refractivity contribution >= 4 is 32.4 Å². The number of hydrogen-bond acceptors (Lipinski definition) is 3. The molecule has 0 bridgehead atoms. The summed E-state index contributed by atoms with van der Waals surface area (Å²) in [6, 6.07) is 0. The highest BCUT2D eigenvalue weighted by Gasteiger charge is 2.36. The first-order valence-corrected chi connectivity index (χ1v) is 6.58. The Bertz CT molecular complexity index is 224. The van der Waals surface area contributed by atoms with Gasteiger partial charge in [-0.05, 0) is 6.92 Å². The van der Waals surface area contributed by atoms with E-state index in [9.17, 15) is 8.42 Å². The topological polar surface area (TPSA) is 43.4 Å². The van der Waals surface area contributed by atoms with Gasteiger partial charge in [0, 0.05) is 6.61 Å². The number of alkyl halides is 1. The van der Waals surface area contributed by atoms with Gasteiger partial charge in [0.1, 0.15) is 0 Å². The molecule has 0 spiro atoms. The molecule has 1 aliphatic heterocycles. The molecule has 0 saturated carbocycles. The summed E-state index contributed by atoms with van der Waals surface area (Å²) < 4.78 is 27.5. The van der Waals surface area contributed by atoms with Gasteiger partial charge in [-0.2, -0.15) is 0 Å². The zero-order valence-corrected chi connectivity index (χ0v) is 9.26. The van der Waals surface area contributed by atoms with Gasteiger partial charge in [-0.15, -0.1) is 0 Å². The molecular weight excluding hydrogens is 279 g/mol. The van der Waals surface area contributed by atoms with Gasteiger partial charge in [0.05, 0.1) is 21.5 Å². The Morgan fingerprint density at radius 1 is 1.55 bits per heavy atom. The van der Waals surface area contributed by atoms with Gasteiger partial charge >= 0.3 is 0 Å². The highest BCUT2D eigenvalue weighted by atomic mass is 127. The molecule has 11 heavy (non-hydrogen) atoms. The molecule has 0 radical (unpaired) electrons. The summed E-state index contributed by atoms with van der Waals surface area (Å²) in [6.45, 7) is 2.48. The van der Waals surface area contributed by atoms with Gasteiger partial charge in [-0.3, -0.25) is 0 Å². The van der Waals surface area contributed by atoms with Crippen LogP contribution >= 0.6 is 22.6 Å². The third-order valence-electron chi connectivity index (χ3n) is 1.62. The SMILES string of the molecule is CCOC1CS(=O)(=O)CC1I. The first-order chi connectivity index (χ1) is 5.05. The molecule has 0 aromatic carbocycles. The van der Waals surface area contributed by atoms with Crippen molar-refractivity contribution in [2.24, 2.45) is 0 Å². The lowest BCUT2D eigenvalue weighted by Crippen LogP contribution is -2.21. The van der Waals surface area contributed by atoms with Crippen molar-refractivity contribution in [3.8, 4) is 0 Å². The molecule has 3 nitrogen and oxygen atoms in total. The van der Waals surface area contributed by atoms with Crippen LogP contribution in [0.5, 0.6) is 0 Å². The highest BCUT2D eigenvalue weighted by molar-refractivity contribution is 14.1. The van der Waals surface area contributed by atoms with Crippen LogP contribution in [-0.2, 0) is 14.6 Å². The molecule has 1 aliphatic rings. The van der Waals surface area contributed by atoms with Crippen LogP contribution in [0, 0.1) is 0 Å². The third kappa shape index (κ3) is 2.55. The maximum atomic E-state index is 11.0. The van der Waals surface area contributed by atoms with Crippen molar-refractivity contribution < 1.29 is 13.2 Å². The second kappa shape index (κ2) is 3.57. The van der Waals surface area contributed by atoms with Crippen molar-refractivity contribution in [2.75, 3.05) is 18.1 Å². The number of rotatable bonds is 2. The zero-order chi connectivity index (χ0) is 8.48. The summed E-state index contributed by atoms with van der Waals surface area (Å²) in [5.41, 5.74) is 0. The molecule has 0 amide bonds. The Hall–Kier alpha value is 0.640. The van der Waals surface area contributed by atoms with Crippen molar-refractivity contribution in [2.45, 2.75) is 17.0 Å². The lowest BCUT2D eigenvalue weighted by molar-refractivity contribution is 0.0879. The average Bonchev–Trinajstić information content (AvgIpc) is 2.07. The van der Waals surface area contributed by atoms with E-state index in [1.807, 2.05) is 6.92 Å². The standard InChI is InChI=1S/C6H11IO3S/c1-2-10-6-4-11(8,9)3-5(6)7/h5-6H,2-4H2,1H3. The monoisotopic (exact) mass is 290 g/mol. The van der Waals surface area contributed by atoms with Gasteiger partial charge in [0.15, 0.2) is 9.84 Å². The molecule has 0 aromatic heterocycles. The second-order valence-corrected chi connectivity index (χ2v) is 6.34. The molecule has 1 saturated heterocycles. The number of halogens is 1. The fraction of sp³-hybridized carbons (Fsp3) is 1.00. The lowest BCUT2D eigenvalue weighted by Gasteiger charge is -2.10. The fourth-order valence-electron chi connectivity index (χ4n) is 1.14. The Balaban J connectivity index is 2.59. The summed E-state index contributed by atoms with van der Waals surface area (Å²) in [4.78, 5) is 0. The molecule has 2 atom stereocenters. The van der Waals surface area contributed by atoms with Crippen molar-refractivity contribution in [3.63, 3.8) is 0 Å². The molecule has 1 fully saturated rings. The van der Waals surface area contributed by atoms with Gasteiger partial charge in [-0.25, -0.2) is 8.42 Å². The maximum absolute atomic E-state index is 11.0. The lowest BCUT2D eigenvalue weighted by atomic mass is 10.3. The minimum Gasteiger partial charge on any atom is -0.376 e. The Morgan fingerprint density at radius 3 is 2.55 bits per heavy atom. The van der Waals surface area contributed by atoms with E-state index in [4.69, 9.17) is 4.74 Å². The van der Waals surface area contributed by atoms with E-state index >= 15 is 0 Å². The van der Waals surface area contributed by atoms with Crippen molar-refractivity contribution in [1.29, 1.82) is 0 Å². The van der Waals surface area contributed by atoms with E-state index in [1.165, 1.54) is 0 Å². The molecule has 1 heterocycles. The van der Waals surface area contributed by atoms with Crippen molar-refractivity contribution in [1.82, 2.24) is 0 Å². The third-order valence-corrected chi connectivity index (χ3v) is 5.16. The first kappa shape index (κ1) is 9.73. The van der Waals surface area contributed by atoms with E-state index in [0.29, 0.717) is 6.61 Å². The van der Waals surface area contributed by atoms with Gasteiger partial charge < -0.3 is 4.74 Å². The number of sulfone groups is 1. The molecule has 0 aromatic rings. The van der Waals surface area contributed by atoms with Crippen LogP contribution in [0.15, 0.2) is 0 Å². The molecule has 0 N–H and O–H groups in total. The molecule has 1 rings (SSSR count). The van der Waals surface area contributed by atoms with E-state index in [1.54, 1.807) is 0 Å². The maximum Gasteiger partial charge on any atom is 0.154 e. The van der Waals surface area contributed by atoms with Gasteiger partial charge in [0.25, 0.3) is 0 Å². The summed E-state index contributed by atoms with van der Waals surface area (Å²) in [6.07, 6.45) is -0.0781. The predicted octanol–water partition coefficient (Wildman–Crippen LogP) is 0.624. The van der Waals surface area contributed by atoms with Crippen LogP contribution < -0.4 is 0 Å². The van der Waals surface area contributed by atoms with Crippen LogP contribution in [0.1, 0.15) is 6.92 Å². The normalized spacial score (nSPS) is 35.8. The quantitative estimate of drug-likeness (QED) is 0.553. The Morgan fingerprint density at radius 2 is 2.18 bits per heavy atom.